The highest BCUT2D eigenvalue weighted by molar-refractivity contribution is 6.10. The van der Waals surface area contributed by atoms with Crippen molar-refractivity contribution in [3.63, 3.8) is 0 Å². The van der Waals surface area contributed by atoms with Crippen molar-refractivity contribution in [1.29, 1.82) is 0 Å². The van der Waals surface area contributed by atoms with E-state index in [9.17, 15) is 18.0 Å². The van der Waals surface area contributed by atoms with Gasteiger partial charge in [-0.15, -0.1) is 0 Å². The number of fused-ring (bicyclic) bond motifs is 1. The molecule has 1 aromatic rings. The van der Waals surface area contributed by atoms with E-state index in [1.54, 1.807) is 6.07 Å². The van der Waals surface area contributed by atoms with Crippen LogP contribution in [-0.4, -0.2) is 23.8 Å². The summed E-state index contributed by atoms with van der Waals surface area (Å²) in [7, 11) is 0. The van der Waals surface area contributed by atoms with Crippen LogP contribution in [0.25, 0.3) is 0 Å². The molecular formula is C31H44F3NO. The molecule has 1 saturated heterocycles. The normalized spacial score (nSPS) is 25.2. The van der Waals surface area contributed by atoms with Crippen LogP contribution in [-0.2, 0) is 6.18 Å². The first kappa shape index (κ1) is 28.5. The van der Waals surface area contributed by atoms with Gasteiger partial charge in [-0.1, -0.05) is 57.7 Å². The Morgan fingerprint density at radius 1 is 1.00 bits per heavy atom. The van der Waals surface area contributed by atoms with Gasteiger partial charge in [0.2, 0.25) is 0 Å². The van der Waals surface area contributed by atoms with Crippen LogP contribution in [0.1, 0.15) is 126 Å². The van der Waals surface area contributed by atoms with Gasteiger partial charge >= 0.3 is 6.18 Å². The lowest BCUT2D eigenvalue weighted by Crippen LogP contribution is -2.30. The van der Waals surface area contributed by atoms with Gasteiger partial charge in [0.25, 0.3) is 0 Å². The summed E-state index contributed by atoms with van der Waals surface area (Å²) in [5.74, 6) is 0.534. The molecule has 1 fully saturated rings. The third-order valence-electron chi connectivity index (χ3n) is 8.43. The smallest absolute Gasteiger partial charge is 0.374 e. The summed E-state index contributed by atoms with van der Waals surface area (Å²) in [5.41, 5.74) is 4.56. The van der Waals surface area contributed by atoms with E-state index in [2.05, 4.69) is 32.6 Å². The van der Waals surface area contributed by atoms with Gasteiger partial charge in [-0.3, -0.25) is 4.79 Å². The standard InChI is InChI=1S/C31H44F3NO/c1-6-22(4)24(7-2)19-28-29(35-17-9-8-11-21(3)12-10-18-35)16-13-23(5)26-15-14-25(31(32,33)34)20-27(26)30(28)36/h14-15,20-21,23H,6-13,16-19H2,1-5H3/b24-22?,29-28+. The number of ketones is 1. The van der Waals surface area contributed by atoms with Gasteiger partial charge in [0, 0.05) is 29.9 Å². The molecule has 0 aromatic heterocycles. The minimum atomic E-state index is -4.47. The second kappa shape index (κ2) is 12.5. The van der Waals surface area contributed by atoms with Crippen molar-refractivity contribution < 1.29 is 18.0 Å². The maximum atomic E-state index is 14.2. The number of benzene rings is 1. The zero-order chi connectivity index (χ0) is 26.5. The van der Waals surface area contributed by atoms with Crippen molar-refractivity contribution in [3.05, 3.63) is 57.3 Å². The summed E-state index contributed by atoms with van der Waals surface area (Å²) >= 11 is 0. The molecule has 0 amide bonds. The molecule has 2 aliphatic rings. The van der Waals surface area contributed by atoms with Gasteiger partial charge in [-0.25, -0.2) is 0 Å². The van der Waals surface area contributed by atoms with Gasteiger partial charge in [0.15, 0.2) is 5.78 Å². The zero-order valence-corrected chi connectivity index (χ0v) is 22.9. The second-order valence-electron chi connectivity index (χ2n) is 11.0. The number of nitrogens with zero attached hydrogens (tertiary/aromatic N) is 1. The lowest BCUT2D eigenvalue weighted by molar-refractivity contribution is -0.137. The van der Waals surface area contributed by atoms with E-state index in [0.717, 1.165) is 80.6 Å². The van der Waals surface area contributed by atoms with Crippen LogP contribution < -0.4 is 0 Å². The summed E-state index contributed by atoms with van der Waals surface area (Å²) in [6, 6.07) is 3.79. The maximum absolute atomic E-state index is 14.2. The third kappa shape index (κ3) is 6.83. The van der Waals surface area contributed by atoms with Crippen LogP contribution in [0.5, 0.6) is 0 Å². The van der Waals surface area contributed by atoms with E-state index in [1.807, 2.05) is 6.92 Å². The Kier molecular flexibility index (Phi) is 9.88. The average molecular weight is 504 g/mol. The molecule has 5 heteroatoms. The Labute approximate surface area is 216 Å². The van der Waals surface area contributed by atoms with Crippen LogP contribution in [0.2, 0.25) is 0 Å². The fourth-order valence-corrected chi connectivity index (χ4v) is 5.84. The van der Waals surface area contributed by atoms with Crippen molar-refractivity contribution in [2.75, 3.05) is 13.1 Å². The molecule has 200 valence electrons. The first-order chi connectivity index (χ1) is 17.1. The predicted octanol–water partition coefficient (Wildman–Crippen LogP) is 9.47. The SMILES string of the molecule is CCC(C)=C(CC)C/C1=C(\N2CCCCC(C)CCC2)CCC(C)c2ccc(C(F)(F)F)cc2C1=O. The number of hydrogen-bond donors (Lipinski definition) is 0. The Morgan fingerprint density at radius 2 is 1.69 bits per heavy atom. The summed E-state index contributed by atoms with van der Waals surface area (Å²) < 4.78 is 41.0. The van der Waals surface area contributed by atoms with E-state index < -0.39 is 11.7 Å². The number of rotatable bonds is 5. The lowest BCUT2D eigenvalue weighted by Gasteiger charge is -2.33. The highest BCUT2D eigenvalue weighted by Crippen LogP contribution is 2.39. The largest absolute Gasteiger partial charge is 0.416 e. The van der Waals surface area contributed by atoms with Gasteiger partial charge in [-0.2, -0.15) is 13.2 Å². The van der Waals surface area contributed by atoms with Crippen LogP contribution >= 0.6 is 0 Å². The highest BCUT2D eigenvalue weighted by Gasteiger charge is 2.34. The van der Waals surface area contributed by atoms with E-state index in [4.69, 9.17) is 0 Å². The molecule has 0 spiro atoms. The number of hydrogen-bond acceptors (Lipinski definition) is 2. The zero-order valence-electron chi connectivity index (χ0n) is 22.9. The van der Waals surface area contributed by atoms with Crippen molar-refractivity contribution in [3.8, 4) is 0 Å². The second-order valence-corrected chi connectivity index (χ2v) is 11.0. The molecule has 1 aliphatic carbocycles. The summed E-state index contributed by atoms with van der Waals surface area (Å²) in [6.45, 7) is 12.5. The van der Waals surface area contributed by atoms with E-state index in [-0.39, 0.29) is 17.3 Å². The Morgan fingerprint density at radius 3 is 2.36 bits per heavy atom. The van der Waals surface area contributed by atoms with Crippen LogP contribution in [0.15, 0.2) is 40.6 Å². The highest BCUT2D eigenvalue weighted by atomic mass is 19.4. The summed E-state index contributed by atoms with van der Waals surface area (Å²) in [4.78, 5) is 16.7. The Bertz CT molecular complexity index is 988. The molecule has 0 N–H and O–H groups in total. The summed E-state index contributed by atoms with van der Waals surface area (Å²) in [6.07, 6.45) is 5.19. The number of allylic oxidation sites excluding steroid dienone is 4. The number of Topliss-reactive ketones (excluding diaryl/α,β-unsaturated/α-hetero) is 1. The van der Waals surface area contributed by atoms with Crippen molar-refractivity contribution in [1.82, 2.24) is 4.90 Å². The van der Waals surface area contributed by atoms with Crippen LogP contribution in [0, 0.1) is 5.92 Å². The average Bonchev–Trinajstić information content (AvgIpc) is 2.95. The van der Waals surface area contributed by atoms with Gasteiger partial charge in [0.05, 0.1) is 5.56 Å². The van der Waals surface area contributed by atoms with Crippen LogP contribution in [0.3, 0.4) is 0 Å². The van der Waals surface area contributed by atoms with E-state index in [0.29, 0.717) is 12.3 Å². The predicted molar refractivity (Wildman–Crippen MR) is 142 cm³/mol. The molecule has 2 nitrogen and oxygen atoms in total. The van der Waals surface area contributed by atoms with Gasteiger partial charge < -0.3 is 4.90 Å². The molecule has 0 radical (unpaired) electrons. The fraction of sp³-hybridized carbons (Fsp3) is 0.645. The lowest BCUT2D eigenvalue weighted by atomic mass is 9.81. The van der Waals surface area contributed by atoms with Gasteiger partial charge in [-0.05, 0) is 87.8 Å². The third-order valence-corrected chi connectivity index (χ3v) is 8.43. The maximum Gasteiger partial charge on any atom is 0.416 e. The van der Waals surface area contributed by atoms with E-state index in [1.165, 1.54) is 30.4 Å². The minimum absolute atomic E-state index is 0.0268. The van der Waals surface area contributed by atoms with Crippen molar-refractivity contribution in [2.24, 2.45) is 5.92 Å². The molecular weight excluding hydrogens is 459 g/mol. The number of halogens is 3. The molecule has 0 bridgehead atoms. The molecule has 1 aromatic carbocycles. The molecule has 1 heterocycles. The summed E-state index contributed by atoms with van der Waals surface area (Å²) in [5, 5.41) is 0. The molecule has 1 aliphatic heterocycles. The molecule has 2 unspecified atom stereocenters. The minimum Gasteiger partial charge on any atom is -0.374 e. The Balaban J connectivity index is 2.17. The number of alkyl halides is 3. The fourth-order valence-electron chi connectivity index (χ4n) is 5.84. The quantitative estimate of drug-likeness (QED) is 0.373. The van der Waals surface area contributed by atoms with Gasteiger partial charge in [0.1, 0.15) is 0 Å². The van der Waals surface area contributed by atoms with E-state index >= 15 is 0 Å². The Hall–Kier alpha value is -2.04. The molecule has 3 rings (SSSR count). The monoisotopic (exact) mass is 503 g/mol. The van der Waals surface area contributed by atoms with Crippen molar-refractivity contribution in [2.45, 2.75) is 111 Å². The number of carbonyl (C=O) groups excluding carboxylic acids is 1. The molecule has 0 saturated carbocycles. The molecule has 36 heavy (non-hydrogen) atoms. The first-order valence-corrected chi connectivity index (χ1v) is 14.0. The van der Waals surface area contributed by atoms with Crippen LogP contribution in [0.4, 0.5) is 13.2 Å². The topological polar surface area (TPSA) is 20.3 Å². The molecule has 2 atom stereocenters. The number of carbonyl (C=O) groups is 1. The van der Waals surface area contributed by atoms with Crippen molar-refractivity contribution >= 4 is 5.78 Å². The first-order valence-electron chi connectivity index (χ1n) is 14.0.